The Morgan fingerprint density at radius 1 is 1.24 bits per heavy atom. The van der Waals surface area contributed by atoms with Gasteiger partial charge in [-0.05, 0) is 31.9 Å². The summed E-state index contributed by atoms with van der Waals surface area (Å²) in [4.78, 5) is 30.2. The van der Waals surface area contributed by atoms with Gasteiger partial charge in [0.05, 0.1) is 30.1 Å². The number of amides is 1. The summed E-state index contributed by atoms with van der Waals surface area (Å²) >= 11 is 2.93. The molecule has 0 radical (unpaired) electrons. The van der Waals surface area contributed by atoms with Gasteiger partial charge >= 0.3 is 0 Å². The van der Waals surface area contributed by atoms with Gasteiger partial charge in [0, 0.05) is 24.6 Å². The van der Waals surface area contributed by atoms with Crippen molar-refractivity contribution in [3.63, 3.8) is 0 Å². The number of anilines is 1. The van der Waals surface area contributed by atoms with E-state index < -0.39 is 0 Å². The highest BCUT2D eigenvalue weighted by atomic mass is 32.2. The van der Waals surface area contributed by atoms with Crippen LogP contribution in [0.2, 0.25) is 0 Å². The van der Waals surface area contributed by atoms with Crippen LogP contribution in [0.5, 0.6) is 5.75 Å². The second-order valence-electron chi connectivity index (χ2n) is 8.74. The number of benzene rings is 1. The van der Waals surface area contributed by atoms with Crippen molar-refractivity contribution in [3.8, 4) is 5.75 Å². The molecule has 9 heteroatoms. The van der Waals surface area contributed by atoms with Crippen LogP contribution in [0.1, 0.15) is 39.0 Å². The van der Waals surface area contributed by atoms with Crippen molar-refractivity contribution >= 4 is 51.0 Å². The van der Waals surface area contributed by atoms with Crippen molar-refractivity contribution in [2.24, 2.45) is 5.10 Å². The van der Waals surface area contributed by atoms with Crippen LogP contribution < -0.4 is 24.4 Å². The second-order valence-corrected chi connectivity index (χ2v) is 10.8. The minimum absolute atomic E-state index is 0.0968. The molecule has 0 atom stereocenters. The Hall–Kier alpha value is -2.78. The fraction of sp³-hybridized carbons (Fsp3) is 0.400. The maximum atomic E-state index is 13.6. The molecule has 0 N–H and O–H groups in total. The van der Waals surface area contributed by atoms with E-state index in [9.17, 15) is 9.59 Å². The molecule has 34 heavy (non-hydrogen) atoms. The summed E-state index contributed by atoms with van der Waals surface area (Å²) in [5.41, 5.74) is 2.09. The summed E-state index contributed by atoms with van der Waals surface area (Å²) in [7, 11) is 3.60. The molecule has 2 aliphatic heterocycles. The molecule has 5 rings (SSSR count). The molecule has 1 amide bonds. The van der Waals surface area contributed by atoms with Crippen LogP contribution in [-0.4, -0.2) is 41.4 Å². The Morgan fingerprint density at radius 3 is 2.71 bits per heavy atom. The molecular weight excluding hydrogens is 468 g/mol. The zero-order valence-corrected chi connectivity index (χ0v) is 21.3. The summed E-state index contributed by atoms with van der Waals surface area (Å²) < 4.78 is 8.31. The van der Waals surface area contributed by atoms with Crippen LogP contribution in [0, 0.1) is 0 Å². The molecule has 2 aromatic rings. The zero-order chi connectivity index (χ0) is 24.0. The number of hydrogen-bond donors (Lipinski definition) is 0. The number of hydrazone groups is 1. The molecule has 0 bridgehead atoms. The third kappa shape index (κ3) is 3.71. The van der Waals surface area contributed by atoms with Gasteiger partial charge < -0.3 is 9.64 Å². The number of fused-ring (bicyclic) bond motifs is 1. The van der Waals surface area contributed by atoms with E-state index in [1.165, 1.54) is 17.8 Å². The van der Waals surface area contributed by atoms with E-state index in [2.05, 4.69) is 11.7 Å². The average molecular weight is 497 g/mol. The first-order valence-electron chi connectivity index (χ1n) is 11.5. The lowest BCUT2D eigenvalue weighted by atomic mass is 9.95. The predicted octanol–water partition coefficient (Wildman–Crippen LogP) is 3.11. The van der Waals surface area contributed by atoms with Gasteiger partial charge in [-0.3, -0.25) is 14.2 Å². The van der Waals surface area contributed by atoms with Gasteiger partial charge in [0.15, 0.2) is 0 Å². The van der Waals surface area contributed by atoms with E-state index in [0.29, 0.717) is 27.0 Å². The van der Waals surface area contributed by atoms with Crippen LogP contribution in [-0.2, 0) is 11.3 Å². The number of allylic oxidation sites excluding steroid dienone is 1. The van der Waals surface area contributed by atoms with Crippen LogP contribution in [0.15, 0.2) is 45.6 Å². The van der Waals surface area contributed by atoms with Gasteiger partial charge in [-0.25, -0.2) is 5.01 Å². The fourth-order valence-electron chi connectivity index (χ4n) is 4.83. The van der Waals surface area contributed by atoms with Crippen molar-refractivity contribution < 1.29 is 9.53 Å². The average Bonchev–Trinajstić information content (AvgIpc) is 3.45. The number of methoxy groups -OCH3 is 1. The molecule has 7 nitrogen and oxygen atoms in total. The summed E-state index contributed by atoms with van der Waals surface area (Å²) in [5.74, 6) is 0.672. The number of carbonyl (C=O) groups excluding carboxylic acids is 1. The van der Waals surface area contributed by atoms with Crippen molar-refractivity contribution in [1.29, 1.82) is 0 Å². The normalized spacial score (nSPS) is 21.7. The Kier molecular flexibility index (Phi) is 6.16. The lowest BCUT2D eigenvalue weighted by molar-refractivity contribution is -0.126. The third-order valence-corrected chi connectivity index (χ3v) is 9.16. The number of aromatic nitrogens is 1. The smallest absolute Gasteiger partial charge is 0.279 e. The fourth-order valence-corrected chi connectivity index (χ4v) is 7.36. The minimum Gasteiger partial charge on any atom is -0.497 e. The summed E-state index contributed by atoms with van der Waals surface area (Å²) in [6, 6.07) is 6.04. The van der Waals surface area contributed by atoms with Gasteiger partial charge in [-0.15, -0.1) is 17.9 Å². The van der Waals surface area contributed by atoms with Gasteiger partial charge in [-0.1, -0.05) is 37.1 Å². The molecule has 0 spiro atoms. The van der Waals surface area contributed by atoms with Gasteiger partial charge in [0.2, 0.25) is 0 Å². The number of ether oxygens (including phenoxy) is 1. The minimum atomic E-state index is -0.113. The number of carbonyl (C=O) groups is 1. The van der Waals surface area contributed by atoms with E-state index in [1.807, 2.05) is 37.1 Å². The second kappa shape index (κ2) is 9.11. The maximum Gasteiger partial charge on any atom is 0.279 e. The van der Waals surface area contributed by atoms with E-state index in [1.54, 1.807) is 34.5 Å². The molecule has 1 aromatic carbocycles. The quantitative estimate of drug-likeness (QED) is 0.609. The van der Waals surface area contributed by atoms with Crippen LogP contribution in [0.3, 0.4) is 0 Å². The largest absolute Gasteiger partial charge is 0.497 e. The molecule has 3 aliphatic rings. The zero-order valence-electron chi connectivity index (χ0n) is 19.7. The number of nitrogens with zero attached hydrogens (tertiary/aromatic N) is 4. The third-order valence-electron chi connectivity index (χ3n) is 6.60. The van der Waals surface area contributed by atoms with E-state index >= 15 is 0 Å². The van der Waals surface area contributed by atoms with E-state index in [0.717, 1.165) is 47.0 Å². The highest BCUT2D eigenvalue weighted by Crippen LogP contribution is 2.46. The lowest BCUT2D eigenvalue weighted by Crippen LogP contribution is -2.38. The molecule has 1 aliphatic carbocycles. The first kappa shape index (κ1) is 23.0. The molecule has 0 saturated heterocycles. The van der Waals surface area contributed by atoms with Gasteiger partial charge in [0.25, 0.3) is 11.5 Å². The Morgan fingerprint density at radius 2 is 2.00 bits per heavy atom. The SMILES string of the molecule is C=CCn1c(=O)/c(=C2/Sc3ccc(OC)cc3N2C)s/c1=C1/C(=O)N(C2CCCCC2)N=C1C. The van der Waals surface area contributed by atoms with Crippen molar-refractivity contribution in [1.82, 2.24) is 9.58 Å². The highest BCUT2D eigenvalue weighted by Gasteiger charge is 2.35. The standard InChI is InChI=1S/C25H28N4O3S2/c1-5-13-28-23(31)21(25-27(3)18-14-17(32-4)11-12-19(18)33-25)34-24(28)20-15(2)26-29(22(20)30)16-9-7-6-8-10-16/h5,11-12,14,16H,1,6-10,13H2,2-4H3/b24-20+,25-21-. The predicted molar refractivity (Wildman–Crippen MR) is 139 cm³/mol. The molecule has 178 valence electrons. The van der Waals surface area contributed by atoms with Gasteiger partial charge in [0.1, 0.15) is 20.0 Å². The Labute approximate surface area is 206 Å². The summed E-state index contributed by atoms with van der Waals surface area (Å²) in [6.45, 7) is 6.04. The van der Waals surface area contributed by atoms with Crippen molar-refractivity contribution in [2.75, 3.05) is 19.1 Å². The number of thioether (sulfide) groups is 1. The van der Waals surface area contributed by atoms with Crippen molar-refractivity contribution in [3.05, 3.63) is 50.4 Å². The monoisotopic (exact) mass is 496 g/mol. The Bertz CT molecular complexity index is 1380. The van der Waals surface area contributed by atoms with Crippen LogP contribution >= 0.6 is 23.1 Å². The molecule has 1 saturated carbocycles. The van der Waals surface area contributed by atoms with Crippen molar-refractivity contribution in [2.45, 2.75) is 56.5 Å². The molecule has 0 unspecified atom stereocenters. The molecular formula is C25H28N4O3S2. The van der Waals surface area contributed by atoms with Crippen LogP contribution in [0.4, 0.5) is 5.69 Å². The van der Waals surface area contributed by atoms with Gasteiger partial charge in [-0.2, -0.15) is 5.10 Å². The first-order valence-corrected chi connectivity index (χ1v) is 13.2. The maximum absolute atomic E-state index is 13.6. The highest BCUT2D eigenvalue weighted by molar-refractivity contribution is 8.08. The molecule has 3 heterocycles. The lowest BCUT2D eigenvalue weighted by Gasteiger charge is -2.27. The number of rotatable bonds is 4. The van der Waals surface area contributed by atoms with E-state index in [-0.39, 0.29) is 17.5 Å². The first-order chi connectivity index (χ1) is 16.4. The number of thiazole rings is 1. The molecule has 1 fully saturated rings. The van der Waals surface area contributed by atoms with Crippen LogP contribution in [0.25, 0.3) is 10.6 Å². The molecule has 1 aromatic heterocycles. The number of hydrogen-bond acceptors (Lipinski definition) is 7. The summed E-state index contributed by atoms with van der Waals surface area (Å²) in [6.07, 6.45) is 7.11. The van der Waals surface area contributed by atoms with E-state index in [4.69, 9.17) is 4.74 Å². The Balaban J connectivity index is 1.67. The summed E-state index contributed by atoms with van der Waals surface area (Å²) in [5, 5.41) is 7.17. The topological polar surface area (TPSA) is 67.1 Å².